The lowest BCUT2D eigenvalue weighted by Gasteiger charge is -2.15. The quantitative estimate of drug-likeness (QED) is 0.881. The third-order valence-electron chi connectivity index (χ3n) is 2.59. The van der Waals surface area contributed by atoms with Crippen LogP contribution in [0.5, 0.6) is 0 Å². The lowest BCUT2D eigenvalue weighted by Crippen LogP contribution is -2.17. The Hall–Kier alpha value is -1.23. The number of hydrogen-bond acceptors (Lipinski definition) is 4. The lowest BCUT2D eigenvalue weighted by atomic mass is 10.1. The molecule has 0 atom stereocenters. The average Bonchev–Trinajstić information content (AvgIpc) is 2.82. The van der Waals surface area contributed by atoms with Gasteiger partial charge in [-0.05, 0) is 18.2 Å². The zero-order chi connectivity index (χ0) is 12.1. The zero-order valence-corrected chi connectivity index (χ0v) is 10.8. The van der Waals surface area contributed by atoms with Crippen molar-refractivity contribution in [3.05, 3.63) is 52.0 Å². The summed E-state index contributed by atoms with van der Waals surface area (Å²) in [6, 6.07) is 8.42. The number of nitrogens with zero attached hydrogens (tertiary/aromatic N) is 2. The highest BCUT2D eigenvalue weighted by molar-refractivity contribution is 7.07. The molecule has 0 amide bonds. The number of aromatic nitrogens is 1. The van der Waals surface area contributed by atoms with Crippen molar-refractivity contribution in [2.24, 2.45) is 5.73 Å². The van der Waals surface area contributed by atoms with E-state index >= 15 is 0 Å². The molecule has 3 nitrogen and oxygen atoms in total. The summed E-state index contributed by atoms with van der Waals surface area (Å²) >= 11 is 1.64. The molecule has 0 aliphatic carbocycles. The Labute approximate surface area is 106 Å². The Balaban J connectivity index is 1.95. The summed E-state index contributed by atoms with van der Waals surface area (Å²) in [7, 11) is 2.11. The van der Waals surface area contributed by atoms with Crippen LogP contribution >= 0.6 is 11.3 Å². The van der Waals surface area contributed by atoms with Gasteiger partial charge in [-0.2, -0.15) is 0 Å². The first-order valence-electron chi connectivity index (χ1n) is 5.61. The Bertz CT molecular complexity index is 453. The highest BCUT2D eigenvalue weighted by Crippen LogP contribution is 2.10. The van der Waals surface area contributed by atoms with E-state index < -0.39 is 0 Å². The monoisotopic (exact) mass is 247 g/mol. The van der Waals surface area contributed by atoms with Gasteiger partial charge in [0.05, 0.1) is 11.2 Å². The van der Waals surface area contributed by atoms with Gasteiger partial charge in [-0.25, -0.2) is 4.98 Å². The van der Waals surface area contributed by atoms with E-state index in [0.717, 1.165) is 18.8 Å². The Morgan fingerprint density at radius 3 is 2.82 bits per heavy atom. The van der Waals surface area contributed by atoms with Crippen molar-refractivity contribution in [2.75, 3.05) is 7.05 Å². The Kier molecular flexibility index (Phi) is 4.25. The lowest BCUT2D eigenvalue weighted by molar-refractivity contribution is 0.315. The zero-order valence-electron chi connectivity index (χ0n) is 9.97. The predicted octanol–water partition coefficient (Wildman–Crippen LogP) is 2.23. The molecule has 0 aliphatic rings. The van der Waals surface area contributed by atoms with Gasteiger partial charge in [0.1, 0.15) is 0 Å². The molecule has 0 saturated carbocycles. The Morgan fingerprint density at radius 2 is 2.12 bits per heavy atom. The van der Waals surface area contributed by atoms with Crippen LogP contribution in [0.2, 0.25) is 0 Å². The van der Waals surface area contributed by atoms with E-state index in [1.807, 2.05) is 5.51 Å². The molecule has 0 fully saturated rings. The molecule has 0 spiro atoms. The maximum atomic E-state index is 5.64. The fraction of sp³-hybridized carbons (Fsp3) is 0.308. The van der Waals surface area contributed by atoms with Gasteiger partial charge in [0.25, 0.3) is 0 Å². The van der Waals surface area contributed by atoms with Crippen molar-refractivity contribution >= 4 is 11.3 Å². The van der Waals surface area contributed by atoms with E-state index in [1.165, 1.54) is 11.1 Å². The van der Waals surface area contributed by atoms with Crippen LogP contribution < -0.4 is 5.73 Å². The van der Waals surface area contributed by atoms with E-state index in [4.69, 9.17) is 5.73 Å². The van der Waals surface area contributed by atoms with E-state index in [-0.39, 0.29) is 0 Å². The largest absolute Gasteiger partial charge is 0.326 e. The highest BCUT2D eigenvalue weighted by atomic mass is 32.1. The topological polar surface area (TPSA) is 42.1 Å². The second kappa shape index (κ2) is 5.91. The van der Waals surface area contributed by atoms with Gasteiger partial charge in [-0.15, -0.1) is 11.3 Å². The Morgan fingerprint density at radius 1 is 1.29 bits per heavy atom. The molecule has 0 saturated heterocycles. The second-order valence-corrected chi connectivity index (χ2v) is 4.89. The maximum Gasteiger partial charge on any atom is 0.0795 e. The van der Waals surface area contributed by atoms with Crippen LogP contribution in [0.25, 0.3) is 0 Å². The van der Waals surface area contributed by atoms with Gasteiger partial charge in [-0.3, -0.25) is 4.90 Å². The van der Waals surface area contributed by atoms with Gasteiger partial charge >= 0.3 is 0 Å². The molecule has 4 heteroatoms. The summed E-state index contributed by atoms with van der Waals surface area (Å²) in [5.41, 5.74) is 11.1. The molecule has 0 radical (unpaired) electrons. The van der Waals surface area contributed by atoms with Crippen molar-refractivity contribution in [1.29, 1.82) is 0 Å². The molecule has 17 heavy (non-hydrogen) atoms. The number of nitrogens with two attached hydrogens (primary N) is 1. The molecule has 2 rings (SSSR count). The molecule has 1 aromatic heterocycles. The minimum atomic E-state index is 0.601. The second-order valence-electron chi connectivity index (χ2n) is 4.18. The summed E-state index contributed by atoms with van der Waals surface area (Å²) in [6.45, 7) is 2.41. The molecular formula is C13H17N3S. The van der Waals surface area contributed by atoms with Crippen molar-refractivity contribution in [3.8, 4) is 0 Å². The van der Waals surface area contributed by atoms with Gasteiger partial charge in [-0.1, -0.05) is 24.3 Å². The fourth-order valence-corrected chi connectivity index (χ4v) is 2.36. The number of benzene rings is 1. The highest BCUT2D eigenvalue weighted by Gasteiger charge is 2.03. The van der Waals surface area contributed by atoms with Crippen molar-refractivity contribution in [1.82, 2.24) is 9.88 Å². The minimum absolute atomic E-state index is 0.601. The normalized spacial score (nSPS) is 11.0. The molecule has 0 unspecified atom stereocenters. The van der Waals surface area contributed by atoms with Crippen molar-refractivity contribution in [3.63, 3.8) is 0 Å². The van der Waals surface area contributed by atoms with E-state index in [2.05, 4.69) is 46.6 Å². The van der Waals surface area contributed by atoms with Gasteiger partial charge in [0, 0.05) is 25.0 Å². The summed E-state index contributed by atoms with van der Waals surface area (Å²) in [5.74, 6) is 0. The van der Waals surface area contributed by atoms with E-state index in [1.54, 1.807) is 11.3 Å². The standard InChI is InChI=1S/C13H17N3S/c1-16(8-13-9-17-10-15-13)7-12-4-2-3-11(5-12)6-14/h2-5,9-10H,6-8,14H2,1H3. The number of hydrogen-bond donors (Lipinski definition) is 1. The van der Waals surface area contributed by atoms with Gasteiger partial charge in [0.15, 0.2) is 0 Å². The number of thiazole rings is 1. The molecule has 0 bridgehead atoms. The molecule has 1 aromatic carbocycles. The van der Waals surface area contributed by atoms with Crippen LogP contribution in [0.15, 0.2) is 35.2 Å². The third-order valence-corrected chi connectivity index (χ3v) is 3.23. The molecule has 2 N–H and O–H groups in total. The van der Waals surface area contributed by atoms with Crippen LogP contribution in [0.1, 0.15) is 16.8 Å². The predicted molar refractivity (Wildman–Crippen MR) is 71.6 cm³/mol. The first kappa shape index (κ1) is 12.2. The first-order chi connectivity index (χ1) is 8.28. The van der Waals surface area contributed by atoms with Gasteiger partial charge in [0.2, 0.25) is 0 Å². The van der Waals surface area contributed by atoms with E-state index in [9.17, 15) is 0 Å². The molecule has 0 aliphatic heterocycles. The summed E-state index contributed by atoms with van der Waals surface area (Å²) in [6.07, 6.45) is 0. The summed E-state index contributed by atoms with van der Waals surface area (Å²) in [5, 5.41) is 2.09. The number of rotatable bonds is 5. The average molecular weight is 247 g/mol. The first-order valence-corrected chi connectivity index (χ1v) is 6.55. The summed E-state index contributed by atoms with van der Waals surface area (Å²) < 4.78 is 0. The molecule has 90 valence electrons. The SMILES string of the molecule is CN(Cc1cccc(CN)c1)Cc1cscn1. The molecule has 1 heterocycles. The van der Waals surface area contributed by atoms with E-state index in [0.29, 0.717) is 6.54 Å². The molecule has 2 aromatic rings. The van der Waals surface area contributed by atoms with Crippen LogP contribution in [-0.2, 0) is 19.6 Å². The smallest absolute Gasteiger partial charge is 0.0795 e. The maximum absolute atomic E-state index is 5.64. The van der Waals surface area contributed by atoms with Crippen LogP contribution in [-0.4, -0.2) is 16.9 Å². The minimum Gasteiger partial charge on any atom is -0.326 e. The van der Waals surface area contributed by atoms with Crippen molar-refractivity contribution in [2.45, 2.75) is 19.6 Å². The third kappa shape index (κ3) is 3.63. The molecular weight excluding hydrogens is 230 g/mol. The van der Waals surface area contributed by atoms with Crippen molar-refractivity contribution < 1.29 is 0 Å². The summed E-state index contributed by atoms with van der Waals surface area (Å²) in [4.78, 5) is 6.54. The van der Waals surface area contributed by atoms with Crippen LogP contribution in [0.3, 0.4) is 0 Å². The van der Waals surface area contributed by atoms with Crippen LogP contribution in [0.4, 0.5) is 0 Å². The van der Waals surface area contributed by atoms with Gasteiger partial charge < -0.3 is 5.73 Å². The van der Waals surface area contributed by atoms with Crippen LogP contribution in [0, 0.1) is 0 Å². The fourth-order valence-electron chi connectivity index (χ4n) is 1.81.